The molecule has 0 spiro atoms. The fourth-order valence-electron chi connectivity index (χ4n) is 8.14. The summed E-state index contributed by atoms with van der Waals surface area (Å²) < 4.78 is 51.6. The Kier molecular flexibility index (Phi) is 6.43. The second kappa shape index (κ2) is 9.38. The number of nitrogens with one attached hydrogen (secondary N) is 1. The topological polar surface area (TPSA) is 66.9 Å². The van der Waals surface area contributed by atoms with Crippen LogP contribution in [-0.2, 0) is 20.4 Å². The molecule has 4 heterocycles. The molecule has 5 fully saturated rings. The first kappa shape index (κ1) is 25.4. The van der Waals surface area contributed by atoms with E-state index in [1.54, 1.807) is 7.11 Å². The Labute approximate surface area is 216 Å². The molecule has 37 heavy (non-hydrogen) atoms. The van der Waals surface area contributed by atoms with Gasteiger partial charge in [0.1, 0.15) is 5.82 Å². The standard InChI is InChI=1S/C27H37F3N4O3/c1-16-21(27(28,29)30)5-8-31-24(16)33-13-20-11-19(33)14-34(20)25(35)26-7-3-4-17(26)10-18(12-26)32-22-6-9-37-15-23(22)36-2/h5,8,17-20,22-23,32H,3-4,6-7,9-15H2,1-2H3/t17-,18-,19-,20+,22+,23-,26-/m1/s1. The molecule has 3 aliphatic heterocycles. The largest absolute Gasteiger partial charge is 0.416 e. The van der Waals surface area contributed by atoms with Gasteiger partial charge in [-0.3, -0.25) is 4.79 Å². The van der Waals surface area contributed by atoms with Crippen molar-refractivity contribution in [3.8, 4) is 0 Å². The molecule has 1 aromatic rings. The second-order valence-corrected chi connectivity index (χ2v) is 11.8. The van der Waals surface area contributed by atoms with E-state index in [1.807, 2.05) is 4.90 Å². The van der Waals surface area contributed by atoms with Crippen molar-refractivity contribution in [3.63, 3.8) is 0 Å². The van der Waals surface area contributed by atoms with Gasteiger partial charge in [-0.15, -0.1) is 0 Å². The van der Waals surface area contributed by atoms with Crippen LogP contribution in [0.25, 0.3) is 0 Å². The number of piperazine rings is 1. The summed E-state index contributed by atoms with van der Waals surface area (Å²) in [6.07, 6.45) is 3.57. The summed E-state index contributed by atoms with van der Waals surface area (Å²) in [5.74, 6) is 1.07. The van der Waals surface area contributed by atoms with Crippen molar-refractivity contribution >= 4 is 11.7 Å². The first-order valence-electron chi connectivity index (χ1n) is 13.7. The van der Waals surface area contributed by atoms with Gasteiger partial charge in [0.15, 0.2) is 0 Å². The van der Waals surface area contributed by atoms with Crippen LogP contribution < -0.4 is 10.2 Å². The van der Waals surface area contributed by atoms with Gasteiger partial charge in [0, 0.05) is 50.7 Å². The predicted octanol–water partition coefficient (Wildman–Crippen LogP) is 3.54. The molecule has 10 heteroatoms. The number of alkyl halides is 3. The predicted molar refractivity (Wildman–Crippen MR) is 131 cm³/mol. The van der Waals surface area contributed by atoms with Crippen LogP contribution in [-0.4, -0.2) is 79.5 Å². The Balaban J connectivity index is 1.15. The zero-order valence-electron chi connectivity index (χ0n) is 21.6. The fourth-order valence-corrected chi connectivity index (χ4v) is 8.14. The van der Waals surface area contributed by atoms with Gasteiger partial charge in [-0.25, -0.2) is 4.98 Å². The van der Waals surface area contributed by atoms with E-state index in [2.05, 4.69) is 15.2 Å². The quantitative estimate of drug-likeness (QED) is 0.638. The number of anilines is 1. The average Bonchev–Trinajstić information content (AvgIpc) is 3.63. The Morgan fingerprint density at radius 1 is 1.24 bits per heavy atom. The number of rotatable bonds is 5. The van der Waals surface area contributed by atoms with E-state index in [0.29, 0.717) is 37.5 Å². The van der Waals surface area contributed by atoms with Gasteiger partial charge in [-0.05, 0) is 57.4 Å². The molecule has 0 unspecified atom stereocenters. The van der Waals surface area contributed by atoms with Gasteiger partial charge < -0.3 is 24.6 Å². The van der Waals surface area contributed by atoms with Crippen LogP contribution in [0, 0.1) is 18.3 Å². The third-order valence-corrected chi connectivity index (χ3v) is 9.88. The normalized spacial score (nSPS) is 37.4. The summed E-state index contributed by atoms with van der Waals surface area (Å²) in [6.45, 7) is 3.94. The van der Waals surface area contributed by atoms with Gasteiger partial charge >= 0.3 is 6.18 Å². The molecule has 2 bridgehead atoms. The number of fused-ring (bicyclic) bond motifs is 3. The molecule has 7 nitrogen and oxygen atoms in total. The van der Waals surface area contributed by atoms with Gasteiger partial charge in [0.2, 0.25) is 5.91 Å². The van der Waals surface area contributed by atoms with E-state index in [4.69, 9.17) is 9.47 Å². The first-order valence-corrected chi connectivity index (χ1v) is 13.7. The monoisotopic (exact) mass is 522 g/mol. The minimum atomic E-state index is -4.40. The maximum atomic E-state index is 14.2. The van der Waals surface area contributed by atoms with Crippen LogP contribution in [0.4, 0.5) is 19.0 Å². The molecule has 7 atom stereocenters. The van der Waals surface area contributed by atoms with Crippen LogP contribution in [0.5, 0.6) is 0 Å². The molecule has 1 amide bonds. The highest BCUT2D eigenvalue weighted by Crippen LogP contribution is 2.56. The van der Waals surface area contributed by atoms with Crippen molar-refractivity contribution in [2.75, 3.05) is 38.3 Å². The summed E-state index contributed by atoms with van der Waals surface area (Å²) in [4.78, 5) is 22.6. The number of aromatic nitrogens is 1. The number of nitrogens with zero attached hydrogens (tertiary/aromatic N) is 3. The van der Waals surface area contributed by atoms with Crippen molar-refractivity contribution in [2.45, 2.75) is 88.3 Å². The first-order chi connectivity index (χ1) is 17.7. The number of carbonyl (C=O) groups is 1. The van der Waals surface area contributed by atoms with Gasteiger partial charge in [0.25, 0.3) is 0 Å². The Morgan fingerprint density at radius 2 is 2.08 bits per heavy atom. The number of hydrogen-bond acceptors (Lipinski definition) is 6. The van der Waals surface area contributed by atoms with Crippen molar-refractivity contribution in [2.24, 2.45) is 11.3 Å². The van der Waals surface area contributed by atoms with Gasteiger partial charge in [-0.1, -0.05) is 6.42 Å². The number of amides is 1. The molecule has 5 aliphatic rings. The Bertz CT molecular complexity index is 1040. The molecule has 3 saturated heterocycles. The van der Waals surface area contributed by atoms with Gasteiger partial charge in [-0.2, -0.15) is 13.2 Å². The van der Waals surface area contributed by atoms with E-state index in [9.17, 15) is 18.0 Å². The molecule has 1 N–H and O–H groups in total. The smallest absolute Gasteiger partial charge is 0.379 e. The minimum absolute atomic E-state index is 0.0138. The summed E-state index contributed by atoms with van der Waals surface area (Å²) in [5, 5.41) is 3.82. The van der Waals surface area contributed by atoms with Crippen LogP contribution in [0.15, 0.2) is 12.3 Å². The highest BCUT2D eigenvalue weighted by atomic mass is 19.4. The maximum Gasteiger partial charge on any atom is 0.416 e. The number of pyridine rings is 1. The summed E-state index contributed by atoms with van der Waals surface area (Å²) in [6, 6.07) is 1.63. The van der Waals surface area contributed by atoms with Crippen LogP contribution in [0.3, 0.4) is 0 Å². The molecule has 1 aromatic heterocycles. The molecule has 204 valence electrons. The lowest BCUT2D eigenvalue weighted by Gasteiger charge is -2.40. The third kappa shape index (κ3) is 4.23. The zero-order valence-corrected chi connectivity index (χ0v) is 21.6. The zero-order chi connectivity index (χ0) is 25.9. The second-order valence-electron chi connectivity index (χ2n) is 11.8. The molecule has 0 aromatic carbocycles. The highest BCUT2D eigenvalue weighted by molar-refractivity contribution is 5.85. The van der Waals surface area contributed by atoms with Crippen molar-refractivity contribution in [1.29, 1.82) is 0 Å². The Morgan fingerprint density at radius 3 is 2.81 bits per heavy atom. The lowest BCUT2D eigenvalue weighted by Crippen LogP contribution is -2.54. The van der Waals surface area contributed by atoms with E-state index < -0.39 is 11.7 Å². The molecular formula is C27H37F3N4O3. The number of likely N-dealkylation sites (tertiary alicyclic amines) is 1. The molecule has 2 saturated carbocycles. The number of ether oxygens (including phenoxy) is 2. The van der Waals surface area contributed by atoms with Crippen molar-refractivity contribution in [1.82, 2.24) is 15.2 Å². The number of halogens is 3. The summed E-state index contributed by atoms with van der Waals surface area (Å²) in [7, 11) is 1.73. The minimum Gasteiger partial charge on any atom is -0.379 e. The lowest BCUT2D eigenvalue weighted by molar-refractivity contribution is -0.144. The average molecular weight is 523 g/mol. The van der Waals surface area contributed by atoms with E-state index in [-0.39, 0.29) is 41.1 Å². The van der Waals surface area contributed by atoms with E-state index in [1.165, 1.54) is 13.1 Å². The van der Waals surface area contributed by atoms with E-state index >= 15 is 0 Å². The fraction of sp³-hybridized carbons (Fsp3) is 0.778. The number of methoxy groups -OCH3 is 1. The highest BCUT2D eigenvalue weighted by Gasteiger charge is 2.59. The lowest BCUT2D eigenvalue weighted by atomic mass is 9.78. The van der Waals surface area contributed by atoms with Crippen molar-refractivity contribution < 1.29 is 27.4 Å². The third-order valence-electron chi connectivity index (χ3n) is 9.88. The molecule has 0 radical (unpaired) electrons. The van der Waals surface area contributed by atoms with Crippen LogP contribution in [0.1, 0.15) is 56.1 Å². The number of hydrogen-bond donors (Lipinski definition) is 1. The van der Waals surface area contributed by atoms with Gasteiger partial charge in [0.05, 0.1) is 35.8 Å². The van der Waals surface area contributed by atoms with Crippen LogP contribution in [0.2, 0.25) is 0 Å². The Hall–Kier alpha value is -1.91. The summed E-state index contributed by atoms with van der Waals surface area (Å²) >= 11 is 0. The molecule has 2 aliphatic carbocycles. The van der Waals surface area contributed by atoms with E-state index in [0.717, 1.165) is 57.6 Å². The summed E-state index contributed by atoms with van der Waals surface area (Å²) in [5.41, 5.74) is -0.780. The molecule has 6 rings (SSSR count). The maximum absolute atomic E-state index is 14.2. The van der Waals surface area contributed by atoms with Crippen LogP contribution >= 0.6 is 0 Å². The number of carbonyl (C=O) groups excluding carboxylic acids is 1. The SMILES string of the molecule is CO[C@@H]1COCC[C@@H]1N[C@@H]1C[C@H]2CCC[C@@]2(C(=O)N2C[C@H]3C[C@H]2CN3c2nccc(C(F)(F)F)c2C)C1. The van der Waals surface area contributed by atoms with Crippen molar-refractivity contribution in [3.05, 3.63) is 23.4 Å². The molecular weight excluding hydrogens is 485 g/mol.